The molecule has 5 nitrogen and oxygen atoms in total. The number of aliphatic hydroxyl groups is 3. The lowest BCUT2D eigenvalue weighted by Crippen LogP contribution is -2.20. The average Bonchev–Trinajstić information content (AvgIpc) is 2.94. The van der Waals surface area contributed by atoms with Crippen LogP contribution in [0.4, 0.5) is 4.39 Å². The van der Waals surface area contributed by atoms with Crippen LogP contribution in [0.25, 0.3) is 0 Å². The van der Waals surface area contributed by atoms with Crippen LogP contribution < -0.4 is 0 Å². The van der Waals surface area contributed by atoms with Crippen LogP contribution in [0.1, 0.15) is 32.1 Å². The number of allylic oxidation sites excluding steroid dienone is 2. The number of aliphatic carboxylic acids is 1. The molecule has 0 spiro atoms. The van der Waals surface area contributed by atoms with E-state index >= 15 is 0 Å². The molecule has 160 valence electrons. The second kappa shape index (κ2) is 12.1. The smallest absolute Gasteiger partial charge is 0.303 e. The van der Waals surface area contributed by atoms with Gasteiger partial charge in [0.25, 0.3) is 0 Å². The molecule has 1 fully saturated rings. The molecule has 1 aromatic rings. The van der Waals surface area contributed by atoms with Crippen LogP contribution in [-0.4, -0.2) is 50.5 Å². The van der Waals surface area contributed by atoms with Crippen molar-refractivity contribution < 1.29 is 29.6 Å². The first-order valence-corrected chi connectivity index (χ1v) is 10.8. The number of carbonyl (C=O) groups is 1. The van der Waals surface area contributed by atoms with Gasteiger partial charge in [-0.05, 0) is 37.3 Å². The molecule has 2 unspecified atom stereocenters. The summed E-state index contributed by atoms with van der Waals surface area (Å²) in [5.74, 6) is -1.29. The second-order valence-corrected chi connectivity index (χ2v) is 8.36. The fraction of sp³-hybridized carbons (Fsp3) is 0.500. The van der Waals surface area contributed by atoms with Gasteiger partial charge in [-0.1, -0.05) is 36.4 Å². The molecule has 1 aliphatic rings. The van der Waals surface area contributed by atoms with Crippen molar-refractivity contribution in [3.05, 3.63) is 54.4 Å². The SMILES string of the molecule is O=C(O)CCC/C=C\CC1C(/C=C/[C@@H](O)CSc2ccccc2F)[C@H](O)C[C@@H]1O. The van der Waals surface area contributed by atoms with Gasteiger partial charge in [0.15, 0.2) is 0 Å². The Labute approximate surface area is 175 Å². The summed E-state index contributed by atoms with van der Waals surface area (Å²) < 4.78 is 13.6. The highest BCUT2D eigenvalue weighted by atomic mass is 32.2. The van der Waals surface area contributed by atoms with Crippen LogP contribution in [0.15, 0.2) is 53.5 Å². The summed E-state index contributed by atoms with van der Waals surface area (Å²) in [6, 6.07) is 6.39. The van der Waals surface area contributed by atoms with Gasteiger partial charge in [0, 0.05) is 29.4 Å². The molecule has 0 amide bonds. The van der Waals surface area contributed by atoms with E-state index < -0.39 is 24.3 Å². The van der Waals surface area contributed by atoms with Crippen LogP contribution in [0.2, 0.25) is 0 Å². The predicted molar refractivity (Wildman–Crippen MR) is 111 cm³/mol. The van der Waals surface area contributed by atoms with Crippen molar-refractivity contribution in [2.45, 2.75) is 55.3 Å². The third-order valence-corrected chi connectivity index (χ3v) is 6.20. The van der Waals surface area contributed by atoms with E-state index in [4.69, 9.17) is 5.11 Å². The molecule has 0 aromatic heterocycles. The van der Waals surface area contributed by atoms with Crippen molar-refractivity contribution in [1.82, 2.24) is 0 Å². The molecule has 0 bridgehead atoms. The highest BCUT2D eigenvalue weighted by Crippen LogP contribution is 2.36. The van der Waals surface area contributed by atoms with Gasteiger partial charge in [0.1, 0.15) is 5.82 Å². The molecule has 0 aliphatic heterocycles. The first kappa shape index (κ1) is 23.6. The Morgan fingerprint density at radius 3 is 2.72 bits per heavy atom. The van der Waals surface area contributed by atoms with Crippen LogP contribution in [0.5, 0.6) is 0 Å². The highest BCUT2D eigenvalue weighted by molar-refractivity contribution is 7.99. The first-order valence-electron chi connectivity index (χ1n) is 9.85. The Hall–Kier alpha value is -1.67. The van der Waals surface area contributed by atoms with Gasteiger partial charge in [-0.2, -0.15) is 0 Å². The number of thioether (sulfide) groups is 1. The number of halogens is 1. The fourth-order valence-corrected chi connectivity index (χ4v) is 4.34. The van der Waals surface area contributed by atoms with E-state index in [9.17, 15) is 24.5 Å². The van der Waals surface area contributed by atoms with Gasteiger partial charge in [-0.3, -0.25) is 4.79 Å². The van der Waals surface area contributed by atoms with Gasteiger partial charge < -0.3 is 20.4 Å². The number of benzene rings is 1. The number of hydrogen-bond donors (Lipinski definition) is 4. The van der Waals surface area contributed by atoms with E-state index in [2.05, 4.69) is 0 Å². The third kappa shape index (κ3) is 7.93. The minimum absolute atomic E-state index is 0.128. The van der Waals surface area contributed by atoms with E-state index in [0.717, 1.165) is 0 Å². The number of unbranched alkanes of at least 4 members (excludes halogenated alkanes) is 1. The Balaban J connectivity index is 1.84. The molecule has 1 aromatic carbocycles. The Bertz CT molecular complexity index is 708. The van der Waals surface area contributed by atoms with Crippen molar-refractivity contribution in [3.8, 4) is 0 Å². The van der Waals surface area contributed by atoms with Crippen LogP contribution in [0, 0.1) is 17.7 Å². The van der Waals surface area contributed by atoms with Crippen molar-refractivity contribution in [1.29, 1.82) is 0 Å². The van der Waals surface area contributed by atoms with Crippen LogP contribution >= 0.6 is 11.8 Å². The number of aliphatic hydroxyl groups excluding tert-OH is 3. The largest absolute Gasteiger partial charge is 0.481 e. The monoisotopic (exact) mass is 424 g/mol. The van der Waals surface area contributed by atoms with E-state index in [1.165, 1.54) is 17.8 Å². The zero-order chi connectivity index (χ0) is 21.2. The molecule has 1 saturated carbocycles. The molecule has 29 heavy (non-hydrogen) atoms. The summed E-state index contributed by atoms with van der Waals surface area (Å²) in [6.45, 7) is 0. The molecule has 1 aliphatic carbocycles. The zero-order valence-electron chi connectivity index (χ0n) is 16.2. The lowest BCUT2D eigenvalue weighted by atomic mass is 9.89. The molecule has 5 atom stereocenters. The molecule has 0 radical (unpaired) electrons. The third-order valence-electron chi connectivity index (χ3n) is 5.05. The van der Waals surface area contributed by atoms with Gasteiger partial charge >= 0.3 is 5.97 Å². The maximum Gasteiger partial charge on any atom is 0.303 e. The molecule has 4 N–H and O–H groups in total. The summed E-state index contributed by atoms with van der Waals surface area (Å²) >= 11 is 1.22. The number of hydrogen-bond acceptors (Lipinski definition) is 5. The minimum Gasteiger partial charge on any atom is -0.481 e. The van der Waals surface area contributed by atoms with E-state index in [1.807, 2.05) is 12.2 Å². The Morgan fingerprint density at radius 1 is 1.24 bits per heavy atom. The number of rotatable bonds is 11. The molecule has 0 heterocycles. The van der Waals surface area contributed by atoms with Crippen molar-refractivity contribution in [3.63, 3.8) is 0 Å². The Morgan fingerprint density at radius 2 is 2.00 bits per heavy atom. The maximum atomic E-state index is 13.6. The van der Waals surface area contributed by atoms with Crippen LogP contribution in [0.3, 0.4) is 0 Å². The normalized spacial score (nSPS) is 25.8. The quantitative estimate of drug-likeness (QED) is 0.247. The topological polar surface area (TPSA) is 98.0 Å². The van der Waals surface area contributed by atoms with Gasteiger partial charge in [0.05, 0.1) is 18.3 Å². The summed E-state index contributed by atoms with van der Waals surface area (Å²) in [5, 5.41) is 39.3. The second-order valence-electron chi connectivity index (χ2n) is 7.30. The maximum absolute atomic E-state index is 13.6. The highest BCUT2D eigenvalue weighted by Gasteiger charge is 2.39. The van der Waals surface area contributed by atoms with E-state index in [-0.39, 0.29) is 36.2 Å². The lowest BCUT2D eigenvalue weighted by Gasteiger charge is -2.19. The van der Waals surface area contributed by atoms with E-state index in [1.54, 1.807) is 30.4 Å². The minimum atomic E-state index is -0.815. The Kier molecular flexibility index (Phi) is 9.87. The van der Waals surface area contributed by atoms with Crippen molar-refractivity contribution in [2.24, 2.45) is 11.8 Å². The van der Waals surface area contributed by atoms with Gasteiger partial charge in [0.2, 0.25) is 0 Å². The van der Waals surface area contributed by atoms with Crippen LogP contribution in [-0.2, 0) is 4.79 Å². The summed E-state index contributed by atoms with van der Waals surface area (Å²) in [5.41, 5.74) is 0. The first-order chi connectivity index (χ1) is 13.9. The van der Waals surface area contributed by atoms with Gasteiger partial charge in [-0.15, -0.1) is 11.8 Å². The number of carboxylic acid groups (broad SMARTS) is 1. The molecular formula is C22H29FO5S. The fourth-order valence-electron chi connectivity index (χ4n) is 3.50. The summed E-state index contributed by atoms with van der Waals surface area (Å²) in [4.78, 5) is 11.0. The summed E-state index contributed by atoms with van der Waals surface area (Å²) in [7, 11) is 0. The summed E-state index contributed by atoms with van der Waals surface area (Å²) in [6.07, 6.45) is 7.26. The van der Waals surface area contributed by atoms with E-state index in [0.29, 0.717) is 24.2 Å². The van der Waals surface area contributed by atoms with Crippen molar-refractivity contribution >= 4 is 17.7 Å². The standard InChI is InChI=1S/C22H29FO5S/c23-18-8-5-6-9-21(18)29-14-15(24)11-12-17-16(19(25)13-20(17)26)7-3-1-2-4-10-22(27)28/h1,3,5-6,8-9,11-12,15-17,19-20,24-26H,2,4,7,10,13-14H2,(H,27,28)/b3-1-,12-11+/t15-,16?,17?,19+,20-/m1/s1. The zero-order valence-corrected chi connectivity index (χ0v) is 17.0. The molecular weight excluding hydrogens is 395 g/mol. The molecule has 2 rings (SSSR count). The molecule has 0 saturated heterocycles. The van der Waals surface area contributed by atoms with Crippen molar-refractivity contribution in [2.75, 3.05) is 5.75 Å². The average molecular weight is 425 g/mol. The molecule has 7 heteroatoms. The lowest BCUT2D eigenvalue weighted by molar-refractivity contribution is -0.137. The number of carboxylic acids is 1. The predicted octanol–water partition coefficient (Wildman–Crippen LogP) is 3.39. The van der Waals surface area contributed by atoms with Gasteiger partial charge in [-0.25, -0.2) is 4.39 Å².